The minimum atomic E-state index is -0.893. The van der Waals surface area contributed by atoms with Crippen molar-refractivity contribution in [3.63, 3.8) is 0 Å². The Balaban J connectivity index is 2.63. The molecule has 0 aromatic carbocycles. The molecule has 0 saturated carbocycles. The number of fused-ring (bicyclic) bond motifs is 1. The lowest BCUT2D eigenvalue weighted by Crippen LogP contribution is -2.03. The highest BCUT2D eigenvalue weighted by molar-refractivity contribution is 7.12. The maximum atomic E-state index is 10.6. The molecule has 0 spiro atoms. The fraction of sp³-hybridized carbons (Fsp3) is 0.250. The molecule has 0 aliphatic heterocycles. The van der Waals surface area contributed by atoms with Gasteiger partial charge in [-0.15, -0.1) is 0 Å². The van der Waals surface area contributed by atoms with Crippen LogP contribution in [0.1, 0.15) is 11.4 Å². The molecule has 1 N–H and O–H groups in total. The highest BCUT2D eigenvalue weighted by atomic mass is 32.1. The first-order valence-corrected chi connectivity index (χ1v) is 4.73. The third-order valence-electron chi connectivity index (χ3n) is 1.84. The van der Waals surface area contributed by atoms with Gasteiger partial charge in [-0.3, -0.25) is 4.79 Å². The predicted octanol–water partition coefficient (Wildman–Crippen LogP) is 1.02. The van der Waals surface area contributed by atoms with Crippen molar-refractivity contribution in [3.8, 4) is 0 Å². The van der Waals surface area contributed by atoms with Crippen LogP contribution in [0.3, 0.4) is 0 Å². The molecule has 2 aromatic heterocycles. The largest absolute Gasteiger partial charge is 0.481 e. The summed E-state index contributed by atoms with van der Waals surface area (Å²) in [6.45, 7) is 1.83. The molecule has 14 heavy (non-hydrogen) atoms. The SMILES string of the molecule is Cc1nsc2ncnc(CC(=O)O)c12. The van der Waals surface area contributed by atoms with E-state index < -0.39 is 5.97 Å². The number of aliphatic carboxylic acids is 1. The standard InChI is InChI=1S/C8H7N3O2S/c1-4-7-5(2-6(12)13)9-3-10-8(7)14-11-4/h3H,2H2,1H3,(H,12,13). The van der Waals surface area contributed by atoms with E-state index in [2.05, 4.69) is 14.3 Å². The molecular formula is C8H7N3O2S. The highest BCUT2D eigenvalue weighted by Crippen LogP contribution is 2.22. The van der Waals surface area contributed by atoms with Gasteiger partial charge in [0.2, 0.25) is 0 Å². The summed E-state index contributed by atoms with van der Waals surface area (Å²) < 4.78 is 4.11. The van der Waals surface area contributed by atoms with Gasteiger partial charge < -0.3 is 5.11 Å². The lowest BCUT2D eigenvalue weighted by atomic mass is 10.2. The van der Waals surface area contributed by atoms with E-state index in [9.17, 15) is 4.79 Å². The summed E-state index contributed by atoms with van der Waals surface area (Å²) in [6.07, 6.45) is 1.29. The van der Waals surface area contributed by atoms with Crippen molar-refractivity contribution in [2.24, 2.45) is 0 Å². The topological polar surface area (TPSA) is 76.0 Å². The molecule has 2 heterocycles. The molecule has 2 rings (SSSR count). The number of carboxylic acids is 1. The van der Waals surface area contributed by atoms with Crippen LogP contribution in [0.15, 0.2) is 6.33 Å². The number of nitrogens with zero attached hydrogens (tertiary/aromatic N) is 3. The van der Waals surface area contributed by atoms with Crippen molar-refractivity contribution in [2.45, 2.75) is 13.3 Å². The van der Waals surface area contributed by atoms with Gasteiger partial charge in [-0.2, -0.15) is 4.37 Å². The van der Waals surface area contributed by atoms with Crippen molar-refractivity contribution >= 4 is 27.7 Å². The number of aromatic nitrogens is 3. The first kappa shape index (κ1) is 9.01. The van der Waals surface area contributed by atoms with Crippen LogP contribution in [0.25, 0.3) is 10.2 Å². The lowest BCUT2D eigenvalue weighted by Gasteiger charge is -1.97. The van der Waals surface area contributed by atoms with Crippen LogP contribution >= 0.6 is 11.5 Å². The summed E-state index contributed by atoms with van der Waals surface area (Å²) in [5.74, 6) is -0.893. The average Bonchev–Trinajstić information content (AvgIpc) is 2.48. The van der Waals surface area contributed by atoms with Gasteiger partial charge in [0.05, 0.1) is 23.2 Å². The second-order valence-corrected chi connectivity index (χ2v) is 3.59. The van der Waals surface area contributed by atoms with Gasteiger partial charge in [-0.1, -0.05) is 0 Å². The molecular weight excluding hydrogens is 202 g/mol. The molecule has 0 aliphatic carbocycles. The molecule has 0 amide bonds. The number of carbonyl (C=O) groups is 1. The maximum absolute atomic E-state index is 10.6. The first-order valence-electron chi connectivity index (χ1n) is 3.96. The Morgan fingerprint density at radius 1 is 1.57 bits per heavy atom. The molecule has 0 unspecified atom stereocenters. The predicted molar refractivity (Wildman–Crippen MR) is 51.3 cm³/mol. The van der Waals surface area contributed by atoms with Gasteiger partial charge in [0.1, 0.15) is 11.2 Å². The average molecular weight is 209 g/mol. The van der Waals surface area contributed by atoms with Crippen molar-refractivity contribution in [2.75, 3.05) is 0 Å². The van der Waals surface area contributed by atoms with Crippen LogP contribution < -0.4 is 0 Å². The second kappa shape index (κ2) is 3.30. The lowest BCUT2D eigenvalue weighted by molar-refractivity contribution is -0.136. The van der Waals surface area contributed by atoms with E-state index in [1.807, 2.05) is 6.92 Å². The van der Waals surface area contributed by atoms with Crippen molar-refractivity contribution in [3.05, 3.63) is 17.7 Å². The summed E-state index contributed by atoms with van der Waals surface area (Å²) in [5, 5.41) is 9.46. The molecule has 0 radical (unpaired) electrons. The van der Waals surface area contributed by atoms with E-state index >= 15 is 0 Å². The molecule has 72 valence electrons. The summed E-state index contributed by atoms with van der Waals surface area (Å²) in [4.78, 5) is 19.3. The Bertz CT molecular complexity index is 494. The number of aryl methyl sites for hydroxylation is 1. The van der Waals surface area contributed by atoms with Crippen LogP contribution in [0.5, 0.6) is 0 Å². The minimum Gasteiger partial charge on any atom is -0.481 e. The summed E-state index contributed by atoms with van der Waals surface area (Å²) >= 11 is 1.26. The highest BCUT2D eigenvalue weighted by Gasteiger charge is 2.12. The van der Waals surface area contributed by atoms with Gasteiger partial charge in [0.15, 0.2) is 0 Å². The van der Waals surface area contributed by atoms with E-state index in [-0.39, 0.29) is 6.42 Å². The molecule has 0 saturated heterocycles. The van der Waals surface area contributed by atoms with Crippen LogP contribution in [-0.2, 0) is 11.2 Å². The second-order valence-electron chi connectivity index (χ2n) is 2.84. The zero-order valence-electron chi connectivity index (χ0n) is 7.39. The van der Waals surface area contributed by atoms with E-state index in [4.69, 9.17) is 5.11 Å². The van der Waals surface area contributed by atoms with E-state index in [0.717, 1.165) is 15.9 Å². The van der Waals surface area contributed by atoms with Gasteiger partial charge >= 0.3 is 5.97 Å². The zero-order valence-corrected chi connectivity index (χ0v) is 8.21. The van der Waals surface area contributed by atoms with Gasteiger partial charge in [0, 0.05) is 0 Å². The summed E-state index contributed by atoms with van der Waals surface area (Å²) in [5.41, 5.74) is 1.33. The van der Waals surface area contributed by atoms with Crippen molar-refractivity contribution in [1.29, 1.82) is 0 Å². The number of carboxylic acid groups (broad SMARTS) is 1. The Morgan fingerprint density at radius 2 is 2.36 bits per heavy atom. The monoisotopic (exact) mass is 209 g/mol. The molecule has 0 aliphatic rings. The van der Waals surface area contributed by atoms with Crippen LogP contribution in [0.2, 0.25) is 0 Å². The quantitative estimate of drug-likeness (QED) is 0.799. The summed E-state index contributed by atoms with van der Waals surface area (Å²) in [6, 6.07) is 0. The van der Waals surface area contributed by atoms with Gasteiger partial charge in [-0.05, 0) is 18.5 Å². The fourth-order valence-electron chi connectivity index (χ4n) is 1.27. The normalized spacial score (nSPS) is 10.6. The Hall–Kier alpha value is -1.56. The third kappa shape index (κ3) is 1.44. The van der Waals surface area contributed by atoms with E-state index in [1.165, 1.54) is 17.9 Å². The first-order chi connectivity index (χ1) is 6.68. The van der Waals surface area contributed by atoms with E-state index in [0.29, 0.717) is 5.69 Å². The van der Waals surface area contributed by atoms with Crippen molar-refractivity contribution in [1.82, 2.24) is 14.3 Å². The van der Waals surface area contributed by atoms with Crippen LogP contribution in [0, 0.1) is 6.92 Å². The number of hydrogen-bond acceptors (Lipinski definition) is 5. The number of rotatable bonds is 2. The third-order valence-corrected chi connectivity index (χ3v) is 2.69. The molecule has 0 fully saturated rings. The van der Waals surface area contributed by atoms with Gasteiger partial charge in [-0.25, -0.2) is 9.97 Å². The zero-order chi connectivity index (χ0) is 10.1. The van der Waals surface area contributed by atoms with Crippen LogP contribution in [0.4, 0.5) is 0 Å². The fourth-order valence-corrected chi connectivity index (χ4v) is 2.04. The van der Waals surface area contributed by atoms with Gasteiger partial charge in [0.25, 0.3) is 0 Å². The van der Waals surface area contributed by atoms with Crippen LogP contribution in [-0.4, -0.2) is 25.4 Å². The van der Waals surface area contributed by atoms with Crippen molar-refractivity contribution < 1.29 is 9.90 Å². The Morgan fingerprint density at radius 3 is 3.07 bits per heavy atom. The Labute approximate surface area is 83.6 Å². The Kier molecular flexibility index (Phi) is 2.12. The number of hydrogen-bond donors (Lipinski definition) is 1. The molecule has 5 nitrogen and oxygen atoms in total. The minimum absolute atomic E-state index is 0.0850. The molecule has 6 heteroatoms. The van der Waals surface area contributed by atoms with E-state index in [1.54, 1.807) is 0 Å². The molecule has 2 aromatic rings. The summed E-state index contributed by atoms with van der Waals surface area (Å²) in [7, 11) is 0. The molecule has 0 bridgehead atoms. The molecule has 0 atom stereocenters. The maximum Gasteiger partial charge on any atom is 0.309 e. The smallest absolute Gasteiger partial charge is 0.309 e.